The van der Waals surface area contributed by atoms with E-state index in [1.54, 1.807) is 36.2 Å². The minimum absolute atomic E-state index is 0.120. The molecule has 7 nitrogen and oxygen atoms in total. The van der Waals surface area contributed by atoms with Crippen LogP contribution in [0.1, 0.15) is 41.3 Å². The van der Waals surface area contributed by atoms with Crippen LogP contribution >= 0.6 is 0 Å². The van der Waals surface area contributed by atoms with Crippen molar-refractivity contribution in [1.82, 2.24) is 10.2 Å². The first kappa shape index (κ1) is 27.7. The lowest BCUT2D eigenvalue weighted by molar-refractivity contribution is -0.137. The number of aliphatic imine (C=N–C) groups is 1. The maximum absolute atomic E-state index is 13.5. The molecule has 0 aliphatic carbocycles. The van der Waals surface area contributed by atoms with Gasteiger partial charge in [-0.05, 0) is 61.2 Å². The van der Waals surface area contributed by atoms with Gasteiger partial charge in [-0.25, -0.2) is 9.79 Å². The number of benzene rings is 2. The summed E-state index contributed by atoms with van der Waals surface area (Å²) in [6.07, 6.45) is 0.747. The lowest BCUT2D eigenvalue weighted by Gasteiger charge is -2.36. The molecule has 204 valence electrons. The average molecular weight is 538 g/mol. The molecular formula is C29H30F3N5O2. The second-order valence-electron chi connectivity index (χ2n) is 9.31. The lowest BCUT2D eigenvalue weighted by atomic mass is 10.0. The molecule has 2 aromatic carbocycles. The van der Waals surface area contributed by atoms with E-state index in [4.69, 9.17) is 4.99 Å². The van der Waals surface area contributed by atoms with Gasteiger partial charge in [0.2, 0.25) is 0 Å². The van der Waals surface area contributed by atoms with Gasteiger partial charge in [0.25, 0.3) is 5.91 Å². The highest BCUT2D eigenvalue weighted by Gasteiger charge is 2.34. The van der Waals surface area contributed by atoms with Crippen molar-refractivity contribution in [2.45, 2.75) is 32.9 Å². The van der Waals surface area contributed by atoms with Gasteiger partial charge in [0.1, 0.15) is 11.7 Å². The van der Waals surface area contributed by atoms with Gasteiger partial charge in [-0.15, -0.1) is 6.58 Å². The van der Waals surface area contributed by atoms with E-state index >= 15 is 0 Å². The minimum atomic E-state index is -4.56. The van der Waals surface area contributed by atoms with Crippen LogP contribution in [0, 0.1) is 6.92 Å². The summed E-state index contributed by atoms with van der Waals surface area (Å²) >= 11 is 0. The zero-order chi connectivity index (χ0) is 28.3. The molecule has 2 aromatic rings. The average Bonchev–Trinajstić information content (AvgIpc) is 3.09. The van der Waals surface area contributed by atoms with Crippen LogP contribution in [0.2, 0.25) is 0 Å². The standard InChI is InChI=1S/C29H30F3N5O2/c1-5-14-33-25-19(6-2)11-12-21-17-37(28(39)36(4)26(21)35-25)24-16-23(13-10-18(24)3)34-27(38)20-8-7-9-22(15-20)29(30,31)32/h5,7-10,12-13,15-16,33H,1,6,11,14,17H2,2-4H3,(H,34,38). The molecule has 39 heavy (non-hydrogen) atoms. The summed E-state index contributed by atoms with van der Waals surface area (Å²) in [4.78, 5) is 34.2. The molecule has 4 rings (SSSR count). The minimum Gasteiger partial charge on any atom is -0.367 e. The summed E-state index contributed by atoms with van der Waals surface area (Å²) in [7, 11) is 1.66. The van der Waals surface area contributed by atoms with E-state index < -0.39 is 17.6 Å². The van der Waals surface area contributed by atoms with Crippen molar-refractivity contribution in [2.24, 2.45) is 4.99 Å². The maximum atomic E-state index is 13.5. The second-order valence-corrected chi connectivity index (χ2v) is 9.31. The van der Waals surface area contributed by atoms with E-state index in [-0.39, 0.29) is 18.1 Å². The first-order valence-corrected chi connectivity index (χ1v) is 12.5. The van der Waals surface area contributed by atoms with E-state index in [9.17, 15) is 22.8 Å². The second kappa shape index (κ2) is 11.2. The van der Waals surface area contributed by atoms with Crippen LogP contribution in [0.4, 0.5) is 29.3 Å². The molecule has 2 N–H and O–H groups in total. The SMILES string of the molecule is C=CCNC1=C(CC)CC=C2CN(c3cc(NC(=O)c4cccc(C(F)(F)F)c4)ccc3C)C(=O)N(C)C2=N1. The molecule has 0 aromatic heterocycles. The summed E-state index contributed by atoms with van der Waals surface area (Å²) in [5.74, 6) is 0.622. The molecule has 0 atom stereocenters. The quantitative estimate of drug-likeness (QED) is 0.409. The highest BCUT2D eigenvalue weighted by atomic mass is 19.4. The summed E-state index contributed by atoms with van der Waals surface area (Å²) in [6, 6.07) is 8.99. The van der Waals surface area contributed by atoms with Gasteiger partial charge in [0.05, 0.1) is 17.8 Å². The smallest absolute Gasteiger partial charge is 0.367 e. The van der Waals surface area contributed by atoms with Crippen LogP contribution in [0.25, 0.3) is 0 Å². The number of carbonyl (C=O) groups is 2. The fraction of sp³-hybridized carbons (Fsp3) is 0.276. The number of hydrogen-bond donors (Lipinski definition) is 2. The van der Waals surface area contributed by atoms with Crippen molar-refractivity contribution in [3.63, 3.8) is 0 Å². The summed E-state index contributed by atoms with van der Waals surface area (Å²) in [5, 5.41) is 5.93. The fourth-order valence-electron chi connectivity index (χ4n) is 4.48. The first-order chi connectivity index (χ1) is 18.5. The third kappa shape index (κ3) is 5.89. The van der Waals surface area contributed by atoms with Crippen LogP contribution in [0.15, 0.2) is 83.2 Å². The Morgan fingerprint density at radius 2 is 1.97 bits per heavy atom. The number of allylic oxidation sites excluding steroid dienone is 2. The van der Waals surface area contributed by atoms with Crippen molar-refractivity contribution in [2.75, 3.05) is 30.4 Å². The van der Waals surface area contributed by atoms with Crippen LogP contribution in [-0.2, 0) is 6.18 Å². The number of hydrogen-bond acceptors (Lipinski definition) is 4. The van der Waals surface area contributed by atoms with E-state index in [1.807, 2.05) is 6.92 Å². The van der Waals surface area contributed by atoms with Crippen molar-refractivity contribution in [1.29, 1.82) is 0 Å². The van der Waals surface area contributed by atoms with Gasteiger partial charge >= 0.3 is 12.2 Å². The number of fused-ring (bicyclic) bond motifs is 1. The molecule has 0 bridgehead atoms. The molecule has 1 saturated heterocycles. The third-order valence-electron chi connectivity index (χ3n) is 6.65. The molecule has 0 unspecified atom stereocenters. The molecule has 1 fully saturated rings. The van der Waals surface area contributed by atoms with Crippen molar-refractivity contribution < 1.29 is 22.8 Å². The number of aryl methyl sites for hydroxylation is 1. The number of likely N-dealkylation sites (N-methyl/N-ethyl adjacent to an activating group) is 1. The van der Waals surface area contributed by atoms with Crippen LogP contribution < -0.4 is 15.5 Å². The number of amidine groups is 1. The molecule has 0 radical (unpaired) electrons. The number of urea groups is 1. The first-order valence-electron chi connectivity index (χ1n) is 12.5. The molecule has 10 heteroatoms. The predicted octanol–water partition coefficient (Wildman–Crippen LogP) is 6.26. The number of nitrogens with zero attached hydrogens (tertiary/aromatic N) is 3. The highest BCUT2D eigenvalue weighted by Crippen LogP contribution is 2.32. The fourth-order valence-corrected chi connectivity index (χ4v) is 4.48. The highest BCUT2D eigenvalue weighted by molar-refractivity contribution is 6.16. The Balaban J connectivity index is 1.61. The maximum Gasteiger partial charge on any atom is 0.416 e. The molecular weight excluding hydrogens is 507 g/mol. The molecule has 2 aliphatic rings. The van der Waals surface area contributed by atoms with E-state index in [1.165, 1.54) is 17.0 Å². The van der Waals surface area contributed by atoms with Crippen molar-refractivity contribution >= 4 is 29.1 Å². The largest absolute Gasteiger partial charge is 0.416 e. The van der Waals surface area contributed by atoms with Crippen LogP contribution in [-0.4, -0.2) is 42.8 Å². The van der Waals surface area contributed by atoms with Gasteiger partial charge in [-0.3, -0.25) is 14.6 Å². The molecule has 3 amide bonds. The van der Waals surface area contributed by atoms with Crippen LogP contribution in [0.3, 0.4) is 0 Å². The number of carbonyl (C=O) groups excluding carboxylic acids is 2. The Morgan fingerprint density at radius 3 is 2.67 bits per heavy atom. The Kier molecular flexibility index (Phi) is 7.94. The third-order valence-corrected chi connectivity index (χ3v) is 6.65. The van der Waals surface area contributed by atoms with E-state index in [2.05, 4.69) is 30.2 Å². The van der Waals surface area contributed by atoms with Gasteiger partial charge < -0.3 is 10.6 Å². The number of alkyl halides is 3. The van der Waals surface area contributed by atoms with Crippen LogP contribution in [0.5, 0.6) is 0 Å². The summed E-state index contributed by atoms with van der Waals surface area (Å²) in [6.45, 7) is 8.48. The number of amides is 3. The number of nitrogens with one attached hydrogen (secondary N) is 2. The Hall–Kier alpha value is -4.34. The zero-order valence-corrected chi connectivity index (χ0v) is 22.0. The number of halogens is 3. The molecule has 0 saturated carbocycles. The lowest BCUT2D eigenvalue weighted by Crippen LogP contribution is -2.52. The summed E-state index contributed by atoms with van der Waals surface area (Å²) in [5.41, 5.74) is 2.71. The summed E-state index contributed by atoms with van der Waals surface area (Å²) < 4.78 is 39.3. The van der Waals surface area contributed by atoms with Gasteiger partial charge in [0.15, 0.2) is 0 Å². The monoisotopic (exact) mass is 537 g/mol. The van der Waals surface area contributed by atoms with Gasteiger partial charge in [-0.1, -0.05) is 31.2 Å². The van der Waals surface area contributed by atoms with E-state index in [0.29, 0.717) is 30.2 Å². The van der Waals surface area contributed by atoms with E-state index in [0.717, 1.165) is 41.1 Å². The van der Waals surface area contributed by atoms with Gasteiger partial charge in [-0.2, -0.15) is 13.2 Å². The Bertz CT molecular complexity index is 1410. The number of rotatable bonds is 7. The molecule has 2 heterocycles. The zero-order valence-electron chi connectivity index (χ0n) is 22.0. The molecule has 0 spiro atoms. The normalized spacial score (nSPS) is 15.8. The Morgan fingerprint density at radius 1 is 1.21 bits per heavy atom. The predicted molar refractivity (Wildman–Crippen MR) is 147 cm³/mol. The topological polar surface area (TPSA) is 77.0 Å². The van der Waals surface area contributed by atoms with Crippen molar-refractivity contribution in [3.8, 4) is 0 Å². The molecule has 2 aliphatic heterocycles. The Labute approximate surface area is 225 Å². The number of anilines is 2. The van der Waals surface area contributed by atoms with Crippen molar-refractivity contribution in [3.05, 3.63) is 94.9 Å². The van der Waals surface area contributed by atoms with Gasteiger partial charge in [0, 0.05) is 30.4 Å².